The Balaban J connectivity index is 2.89. The van der Waals surface area contributed by atoms with Crippen LogP contribution < -0.4 is 5.11 Å². The van der Waals surface area contributed by atoms with Gasteiger partial charge in [0.25, 0.3) is 0 Å². The molecular weight excluding hydrogens is 300 g/mol. The second kappa shape index (κ2) is 4.02. The van der Waals surface area contributed by atoms with E-state index in [9.17, 15) is 15.0 Å². The highest BCUT2D eigenvalue weighted by Gasteiger charge is 2.29. The van der Waals surface area contributed by atoms with Crippen molar-refractivity contribution in [3.05, 3.63) is 27.9 Å². The van der Waals surface area contributed by atoms with Crippen LogP contribution >= 0.6 is 15.9 Å². The monoisotopic (exact) mass is 311 g/mol. The largest absolute Gasteiger partial charge is 0.872 e. The number of fused-ring (bicyclic) bond motifs is 1. The van der Waals surface area contributed by atoms with E-state index in [1.807, 2.05) is 20.8 Å². The van der Waals surface area contributed by atoms with Gasteiger partial charge in [-0.25, -0.2) is 4.79 Å². The topological polar surface area (TPSA) is 73.5 Å². The van der Waals surface area contributed by atoms with Crippen molar-refractivity contribution in [3.8, 4) is 5.75 Å². The molecule has 0 bridgehead atoms. The third-order valence-corrected chi connectivity index (χ3v) is 3.26. The van der Waals surface area contributed by atoms with E-state index in [2.05, 4.69) is 15.9 Å². The van der Waals surface area contributed by atoms with Crippen molar-refractivity contribution in [2.45, 2.75) is 26.2 Å². The van der Waals surface area contributed by atoms with Gasteiger partial charge >= 0.3 is 5.97 Å². The molecule has 0 saturated heterocycles. The lowest BCUT2D eigenvalue weighted by molar-refractivity contribution is -0.269. The molecule has 0 aliphatic carbocycles. The molecule has 0 radical (unpaired) electrons. The van der Waals surface area contributed by atoms with Gasteiger partial charge in [-0.3, -0.25) is 0 Å². The molecule has 2 aromatic rings. The van der Waals surface area contributed by atoms with E-state index in [1.165, 1.54) is 12.1 Å². The van der Waals surface area contributed by atoms with E-state index in [1.54, 1.807) is 0 Å². The number of hydrogen-bond donors (Lipinski definition) is 1. The summed E-state index contributed by atoms with van der Waals surface area (Å²) >= 11 is 3.12. The van der Waals surface area contributed by atoms with Crippen molar-refractivity contribution >= 4 is 32.9 Å². The minimum atomic E-state index is -1.08. The maximum Gasteiger partial charge on any atom is 0.339 e. The van der Waals surface area contributed by atoms with Gasteiger partial charge in [-0.15, -0.1) is 0 Å². The second-order valence-corrected chi connectivity index (χ2v) is 5.99. The van der Waals surface area contributed by atoms with Crippen LogP contribution in [0.3, 0.4) is 0 Å². The maximum absolute atomic E-state index is 11.6. The van der Waals surface area contributed by atoms with E-state index in [-0.39, 0.29) is 11.3 Å². The number of aromatic carboxylic acids is 1. The summed E-state index contributed by atoms with van der Waals surface area (Å²) in [7, 11) is 0. The van der Waals surface area contributed by atoms with Crippen molar-refractivity contribution in [2.75, 3.05) is 0 Å². The summed E-state index contributed by atoms with van der Waals surface area (Å²) in [5.74, 6) is -0.964. The Kier molecular flexibility index (Phi) is 2.89. The first-order chi connectivity index (χ1) is 8.21. The first-order valence-electron chi connectivity index (χ1n) is 5.38. The van der Waals surface area contributed by atoms with Crippen LogP contribution in [0.15, 0.2) is 21.0 Å². The predicted octanol–water partition coefficient (Wildman–Crippen LogP) is 3.26. The van der Waals surface area contributed by atoms with Crippen LogP contribution in [0.2, 0.25) is 0 Å². The molecule has 4 nitrogen and oxygen atoms in total. The van der Waals surface area contributed by atoms with Crippen LogP contribution in [-0.4, -0.2) is 11.1 Å². The Morgan fingerprint density at radius 3 is 2.50 bits per heavy atom. The molecule has 0 aliphatic heterocycles. The van der Waals surface area contributed by atoms with Gasteiger partial charge in [0.1, 0.15) is 16.9 Å². The quantitative estimate of drug-likeness (QED) is 0.877. The van der Waals surface area contributed by atoms with Crippen molar-refractivity contribution < 1.29 is 19.4 Å². The molecule has 0 saturated carbocycles. The molecule has 0 aliphatic rings. The lowest BCUT2D eigenvalue weighted by atomic mass is 9.89. The summed E-state index contributed by atoms with van der Waals surface area (Å²) in [5.41, 5.74) is 0.0355. The molecular formula is C13H12BrO4-. The molecule has 0 fully saturated rings. The highest BCUT2D eigenvalue weighted by atomic mass is 79.9. The SMILES string of the molecule is CC(C)(C)c1oc2cc(Br)c([O-])cc2c1C(=O)O. The van der Waals surface area contributed by atoms with E-state index in [0.717, 1.165) is 0 Å². The zero-order chi connectivity index (χ0) is 13.7. The fraction of sp³-hybridized carbons (Fsp3) is 0.308. The molecule has 1 N–H and O–H groups in total. The van der Waals surface area contributed by atoms with Crippen LogP contribution in [0, 0.1) is 0 Å². The van der Waals surface area contributed by atoms with Gasteiger partial charge in [-0.05, 0) is 6.07 Å². The lowest BCUT2D eigenvalue weighted by Crippen LogP contribution is -2.14. The highest BCUT2D eigenvalue weighted by molar-refractivity contribution is 9.10. The zero-order valence-electron chi connectivity index (χ0n) is 10.2. The van der Waals surface area contributed by atoms with Crippen molar-refractivity contribution in [2.24, 2.45) is 0 Å². The minimum absolute atomic E-state index is 0.0714. The van der Waals surface area contributed by atoms with E-state index in [0.29, 0.717) is 21.2 Å². The number of carboxylic acids is 1. The average Bonchev–Trinajstić information content (AvgIpc) is 2.56. The van der Waals surface area contributed by atoms with Crippen molar-refractivity contribution in [3.63, 3.8) is 0 Å². The van der Waals surface area contributed by atoms with Crippen LogP contribution in [0.25, 0.3) is 11.0 Å². The predicted molar refractivity (Wildman–Crippen MR) is 69.0 cm³/mol. The van der Waals surface area contributed by atoms with Crippen LogP contribution in [0.5, 0.6) is 5.75 Å². The molecule has 1 aromatic heterocycles. The summed E-state index contributed by atoms with van der Waals surface area (Å²) in [6.07, 6.45) is 0. The van der Waals surface area contributed by atoms with E-state index >= 15 is 0 Å². The van der Waals surface area contributed by atoms with Crippen molar-refractivity contribution in [1.29, 1.82) is 0 Å². The average molecular weight is 312 g/mol. The fourth-order valence-corrected chi connectivity index (χ4v) is 2.16. The van der Waals surface area contributed by atoms with Gasteiger partial charge in [0, 0.05) is 15.3 Å². The number of furan rings is 1. The third-order valence-electron chi connectivity index (χ3n) is 2.64. The maximum atomic E-state index is 11.6. The Morgan fingerprint density at radius 1 is 1.39 bits per heavy atom. The second-order valence-electron chi connectivity index (χ2n) is 5.14. The van der Waals surface area contributed by atoms with Crippen LogP contribution in [0.1, 0.15) is 36.9 Å². The summed E-state index contributed by atoms with van der Waals surface area (Å²) in [6, 6.07) is 2.81. The molecule has 5 heteroatoms. The summed E-state index contributed by atoms with van der Waals surface area (Å²) in [5, 5.41) is 21.2. The number of carbonyl (C=O) groups is 1. The molecule has 1 aromatic carbocycles. The van der Waals surface area contributed by atoms with E-state index in [4.69, 9.17) is 4.42 Å². The molecule has 18 heavy (non-hydrogen) atoms. The van der Waals surface area contributed by atoms with Gasteiger partial charge in [0.2, 0.25) is 0 Å². The Bertz CT molecular complexity index is 634. The van der Waals surface area contributed by atoms with Crippen molar-refractivity contribution in [1.82, 2.24) is 0 Å². The molecule has 2 rings (SSSR count). The molecule has 1 heterocycles. The Morgan fingerprint density at radius 2 is 2.00 bits per heavy atom. The minimum Gasteiger partial charge on any atom is -0.872 e. The van der Waals surface area contributed by atoms with Crippen LogP contribution in [-0.2, 0) is 5.41 Å². The van der Waals surface area contributed by atoms with Gasteiger partial charge in [0.15, 0.2) is 0 Å². The summed E-state index contributed by atoms with van der Waals surface area (Å²) in [6.45, 7) is 5.60. The molecule has 0 unspecified atom stereocenters. The molecule has 96 valence electrons. The fourth-order valence-electron chi connectivity index (χ4n) is 1.84. The smallest absolute Gasteiger partial charge is 0.339 e. The number of hydrogen-bond acceptors (Lipinski definition) is 3. The lowest BCUT2D eigenvalue weighted by Gasteiger charge is -2.15. The van der Waals surface area contributed by atoms with Gasteiger partial charge in [0.05, 0.1) is 0 Å². The third kappa shape index (κ3) is 1.99. The summed E-state index contributed by atoms with van der Waals surface area (Å²) in [4.78, 5) is 11.4. The standard InChI is InChI=1S/C13H13BrO4/c1-13(2,3)11-10(12(16)17)6-4-8(15)7(14)5-9(6)18-11/h4-5,15H,1-3H3,(H,16,17)/p-1. The van der Waals surface area contributed by atoms with Gasteiger partial charge < -0.3 is 14.6 Å². The number of benzene rings is 1. The summed E-state index contributed by atoms with van der Waals surface area (Å²) < 4.78 is 5.97. The first kappa shape index (κ1) is 13.0. The number of halogens is 1. The van der Waals surface area contributed by atoms with Gasteiger partial charge in [-0.1, -0.05) is 48.5 Å². The first-order valence-corrected chi connectivity index (χ1v) is 6.18. The number of carboxylic acid groups (broad SMARTS) is 1. The Hall–Kier alpha value is -1.49. The van der Waals surface area contributed by atoms with Gasteiger partial charge in [-0.2, -0.15) is 0 Å². The highest BCUT2D eigenvalue weighted by Crippen LogP contribution is 2.37. The number of rotatable bonds is 1. The van der Waals surface area contributed by atoms with Crippen LogP contribution in [0.4, 0.5) is 0 Å². The van der Waals surface area contributed by atoms with E-state index < -0.39 is 11.4 Å². The molecule has 0 atom stereocenters. The zero-order valence-corrected chi connectivity index (χ0v) is 11.8. The molecule has 0 amide bonds. The molecule has 0 spiro atoms. The Labute approximate surface area is 112 Å². The normalized spacial score (nSPS) is 12.0.